The van der Waals surface area contributed by atoms with Gasteiger partial charge in [0.25, 0.3) is 0 Å². The van der Waals surface area contributed by atoms with E-state index in [1.54, 1.807) is 0 Å². The number of rotatable bonds is 7. The number of likely N-dealkylation sites (N-methyl/N-ethyl adjacent to an activating group) is 2. The van der Waals surface area contributed by atoms with Crippen LogP contribution < -0.4 is 0 Å². The summed E-state index contributed by atoms with van der Waals surface area (Å²) in [6.07, 6.45) is 2.67. The Kier molecular flexibility index (Phi) is 7.60. The molecule has 0 aliphatic carbocycles. The Morgan fingerprint density at radius 3 is 2.54 bits per heavy atom. The second kappa shape index (κ2) is 9.69. The normalized spacial score (nSPS) is 19.4. The zero-order chi connectivity index (χ0) is 19.1. The minimum atomic E-state index is -0.805. The molecular formula is C20H31N3O3. The Labute approximate surface area is 156 Å². The first-order valence-corrected chi connectivity index (χ1v) is 9.33. The minimum Gasteiger partial charge on any atom is -0.480 e. The molecule has 144 valence electrons. The van der Waals surface area contributed by atoms with Gasteiger partial charge in [-0.05, 0) is 45.8 Å². The van der Waals surface area contributed by atoms with Gasteiger partial charge in [0, 0.05) is 25.7 Å². The molecule has 0 spiro atoms. The van der Waals surface area contributed by atoms with E-state index in [0.29, 0.717) is 6.54 Å². The predicted molar refractivity (Wildman–Crippen MR) is 102 cm³/mol. The summed E-state index contributed by atoms with van der Waals surface area (Å²) >= 11 is 0. The number of amides is 1. The molecule has 1 aromatic carbocycles. The van der Waals surface area contributed by atoms with E-state index in [-0.39, 0.29) is 24.5 Å². The molecule has 1 aliphatic heterocycles. The van der Waals surface area contributed by atoms with Gasteiger partial charge in [-0.1, -0.05) is 30.3 Å². The Morgan fingerprint density at radius 2 is 1.88 bits per heavy atom. The van der Waals surface area contributed by atoms with Crippen molar-refractivity contribution in [3.8, 4) is 0 Å². The molecule has 0 aromatic heterocycles. The van der Waals surface area contributed by atoms with Gasteiger partial charge in [-0.3, -0.25) is 19.4 Å². The van der Waals surface area contributed by atoms with Crippen LogP contribution in [0.1, 0.15) is 31.7 Å². The maximum atomic E-state index is 12.9. The van der Waals surface area contributed by atoms with Crippen LogP contribution in [0.2, 0.25) is 0 Å². The second-order valence-corrected chi connectivity index (χ2v) is 7.30. The highest BCUT2D eigenvalue weighted by molar-refractivity contribution is 5.81. The molecule has 1 saturated heterocycles. The molecule has 0 bridgehead atoms. The molecule has 2 atom stereocenters. The number of likely N-dealkylation sites (tertiary alicyclic amines) is 1. The monoisotopic (exact) mass is 361 g/mol. The zero-order valence-electron chi connectivity index (χ0n) is 16.1. The van der Waals surface area contributed by atoms with Crippen LogP contribution in [-0.2, 0) is 16.1 Å². The fourth-order valence-electron chi connectivity index (χ4n) is 3.54. The SMILES string of the molecule is C[C@H](C(=O)N1CCC[C@@H](N(C)CC(=O)O)CC1)N(C)Cc1ccccc1. The summed E-state index contributed by atoms with van der Waals surface area (Å²) in [6.45, 7) is 4.20. The van der Waals surface area contributed by atoms with Crippen molar-refractivity contribution in [1.82, 2.24) is 14.7 Å². The lowest BCUT2D eigenvalue weighted by Crippen LogP contribution is -2.46. The van der Waals surface area contributed by atoms with Crippen LogP contribution in [-0.4, -0.2) is 77.5 Å². The molecule has 1 fully saturated rings. The van der Waals surface area contributed by atoms with E-state index in [1.807, 2.05) is 49.0 Å². The van der Waals surface area contributed by atoms with E-state index < -0.39 is 5.97 Å². The number of carboxylic acids is 1. The highest BCUT2D eigenvalue weighted by Crippen LogP contribution is 2.17. The third-order valence-corrected chi connectivity index (χ3v) is 5.31. The zero-order valence-corrected chi connectivity index (χ0v) is 16.1. The molecular weight excluding hydrogens is 330 g/mol. The molecule has 2 rings (SSSR count). The first-order chi connectivity index (χ1) is 12.4. The highest BCUT2D eigenvalue weighted by Gasteiger charge is 2.28. The van der Waals surface area contributed by atoms with E-state index in [1.165, 1.54) is 5.56 Å². The molecule has 1 aliphatic rings. The highest BCUT2D eigenvalue weighted by atomic mass is 16.4. The summed E-state index contributed by atoms with van der Waals surface area (Å²) in [5.41, 5.74) is 1.20. The number of carboxylic acid groups (broad SMARTS) is 1. The molecule has 6 nitrogen and oxygen atoms in total. The smallest absolute Gasteiger partial charge is 0.317 e. The van der Waals surface area contributed by atoms with Gasteiger partial charge in [0.05, 0.1) is 12.6 Å². The third-order valence-electron chi connectivity index (χ3n) is 5.31. The van der Waals surface area contributed by atoms with Gasteiger partial charge < -0.3 is 10.0 Å². The van der Waals surface area contributed by atoms with E-state index in [0.717, 1.165) is 32.4 Å². The van der Waals surface area contributed by atoms with Crippen LogP contribution >= 0.6 is 0 Å². The molecule has 0 unspecified atom stereocenters. The summed E-state index contributed by atoms with van der Waals surface area (Å²) < 4.78 is 0. The minimum absolute atomic E-state index is 0.0504. The van der Waals surface area contributed by atoms with E-state index in [4.69, 9.17) is 5.11 Å². The molecule has 1 amide bonds. The molecule has 26 heavy (non-hydrogen) atoms. The summed E-state index contributed by atoms with van der Waals surface area (Å²) in [7, 11) is 3.84. The van der Waals surface area contributed by atoms with Gasteiger partial charge in [0.1, 0.15) is 0 Å². The van der Waals surface area contributed by atoms with Gasteiger partial charge >= 0.3 is 5.97 Å². The maximum absolute atomic E-state index is 12.9. The molecule has 0 radical (unpaired) electrons. The number of hydrogen-bond donors (Lipinski definition) is 1. The summed E-state index contributed by atoms with van der Waals surface area (Å²) in [4.78, 5) is 29.7. The van der Waals surface area contributed by atoms with Crippen molar-refractivity contribution in [2.75, 3.05) is 33.7 Å². The molecule has 1 heterocycles. The van der Waals surface area contributed by atoms with Crippen LogP contribution in [0, 0.1) is 0 Å². The van der Waals surface area contributed by atoms with E-state index in [2.05, 4.69) is 17.0 Å². The number of hydrogen-bond acceptors (Lipinski definition) is 4. The molecule has 0 saturated carbocycles. The van der Waals surface area contributed by atoms with Crippen molar-refractivity contribution in [2.24, 2.45) is 0 Å². The second-order valence-electron chi connectivity index (χ2n) is 7.30. The summed E-state index contributed by atoms with van der Waals surface area (Å²) in [5.74, 6) is -0.647. The van der Waals surface area contributed by atoms with Crippen LogP contribution in [0.15, 0.2) is 30.3 Å². The van der Waals surface area contributed by atoms with Crippen molar-refractivity contribution in [3.05, 3.63) is 35.9 Å². The van der Waals surface area contributed by atoms with Gasteiger partial charge in [-0.25, -0.2) is 0 Å². The van der Waals surface area contributed by atoms with E-state index >= 15 is 0 Å². The predicted octanol–water partition coefficient (Wildman–Crippen LogP) is 1.90. The number of nitrogens with zero attached hydrogens (tertiary/aromatic N) is 3. The van der Waals surface area contributed by atoms with Crippen LogP contribution in [0.3, 0.4) is 0 Å². The Morgan fingerprint density at radius 1 is 1.19 bits per heavy atom. The van der Waals surface area contributed by atoms with Crippen molar-refractivity contribution in [3.63, 3.8) is 0 Å². The van der Waals surface area contributed by atoms with Crippen LogP contribution in [0.25, 0.3) is 0 Å². The van der Waals surface area contributed by atoms with Crippen molar-refractivity contribution in [1.29, 1.82) is 0 Å². The lowest BCUT2D eigenvalue weighted by atomic mass is 10.1. The van der Waals surface area contributed by atoms with Gasteiger partial charge in [-0.2, -0.15) is 0 Å². The fraction of sp³-hybridized carbons (Fsp3) is 0.600. The maximum Gasteiger partial charge on any atom is 0.317 e. The molecule has 1 N–H and O–H groups in total. The molecule has 1 aromatic rings. The largest absolute Gasteiger partial charge is 0.480 e. The van der Waals surface area contributed by atoms with Crippen molar-refractivity contribution >= 4 is 11.9 Å². The Hall–Kier alpha value is -1.92. The van der Waals surface area contributed by atoms with Gasteiger partial charge in [-0.15, -0.1) is 0 Å². The standard InChI is InChI=1S/C20H31N3O3/c1-16(21(2)14-17-8-5-4-6-9-17)20(26)23-12-7-10-18(11-13-23)22(3)15-19(24)25/h4-6,8-9,16,18H,7,10-15H2,1-3H3,(H,24,25)/t16-,18-/m1/s1. The van der Waals surface area contributed by atoms with Crippen molar-refractivity contribution in [2.45, 2.75) is 44.8 Å². The third kappa shape index (κ3) is 5.81. The Balaban J connectivity index is 1.89. The van der Waals surface area contributed by atoms with E-state index in [9.17, 15) is 9.59 Å². The quantitative estimate of drug-likeness (QED) is 0.804. The first kappa shape index (κ1) is 20.4. The first-order valence-electron chi connectivity index (χ1n) is 9.33. The average Bonchev–Trinajstić information content (AvgIpc) is 2.87. The Bertz CT molecular complexity index is 593. The average molecular weight is 361 g/mol. The van der Waals surface area contributed by atoms with Gasteiger partial charge in [0.15, 0.2) is 0 Å². The van der Waals surface area contributed by atoms with Crippen molar-refractivity contribution < 1.29 is 14.7 Å². The fourth-order valence-corrected chi connectivity index (χ4v) is 3.54. The van der Waals surface area contributed by atoms with Gasteiger partial charge in [0.2, 0.25) is 5.91 Å². The lowest BCUT2D eigenvalue weighted by Gasteiger charge is -2.30. The number of aliphatic carboxylic acids is 1. The molecule has 6 heteroatoms. The summed E-state index contributed by atoms with van der Waals surface area (Å²) in [5, 5.41) is 8.97. The van der Waals surface area contributed by atoms with Crippen LogP contribution in [0.5, 0.6) is 0 Å². The topological polar surface area (TPSA) is 64.1 Å². The summed E-state index contributed by atoms with van der Waals surface area (Å²) in [6, 6.07) is 10.2. The lowest BCUT2D eigenvalue weighted by molar-refractivity contribution is -0.139. The number of carbonyl (C=O) groups excluding carboxylic acids is 1. The number of benzene rings is 1. The van der Waals surface area contributed by atoms with Crippen LogP contribution in [0.4, 0.5) is 0 Å². The number of carbonyl (C=O) groups is 2.